The standard InChI is InChI=1S/C21H22N2O2S/c24-26(25,16-6-2-1-3-7-16)17-13-15-5-4-8-19-18-9-11-22-12-10-20(18)23(14-17)21(15)19/h1-8,17,22H,9-14H2. The molecule has 4 nitrogen and oxygen atoms in total. The van der Waals surface area contributed by atoms with Crippen molar-refractivity contribution in [3.8, 4) is 0 Å². The van der Waals surface area contributed by atoms with Gasteiger partial charge in [-0.05, 0) is 42.6 Å². The molecule has 0 fully saturated rings. The summed E-state index contributed by atoms with van der Waals surface area (Å²) in [5, 5.41) is 4.37. The number of nitrogens with one attached hydrogen (secondary N) is 1. The first-order valence-electron chi connectivity index (χ1n) is 9.28. The molecule has 3 heterocycles. The van der Waals surface area contributed by atoms with E-state index in [2.05, 4.69) is 28.1 Å². The molecule has 0 bridgehead atoms. The van der Waals surface area contributed by atoms with Gasteiger partial charge in [0, 0.05) is 30.6 Å². The Kier molecular flexibility index (Phi) is 3.69. The van der Waals surface area contributed by atoms with Gasteiger partial charge in [-0.25, -0.2) is 8.42 Å². The van der Waals surface area contributed by atoms with Crippen LogP contribution in [0.4, 0.5) is 0 Å². The van der Waals surface area contributed by atoms with Crippen LogP contribution in [-0.4, -0.2) is 31.3 Å². The molecule has 134 valence electrons. The van der Waals surface area contributed by atoms with Crippen LogP contribution in [0.15, 0.2) is 53.4 Å². The van der Waals surface area contributed by atoms with E-state index in [0.29, 0.717) is 17.9 Å². The van der Waals surface area contributed by atoms with Crippen molar-refractivity contribution in [2.75, 3.05) is 13.1 Å². The Balaban J connectivity index is 1.66. The summed E-state index contributed by atoms with van der Waals surface area (Å²) in [7, 11) is -3.35. The fourth-order valence-electron chi connectivity index (χ4n) is 4.61. The molecule has 2 aliphatic rings. The molecular formula is C21H22N2O2S. The van der Waals surface area contributed by atoms with Crippen LogP contribution in [0.2, 0.25) is 0 Å². The van der Waals surface area contributed by atoms with E-state index in [1.165, 1.54) is 27.7 Å². The van der Waals surface area contributed by atoms with E-state index in [0.717, 1.165) is 25.9 Å². The largest absolute Gasteiger partial charge is 0.343 e. The van der Waals surface area contributed by atoms with Crippen molar-refractivity contribution in [1.29, 1.82) is 0 Å². The van der Waals surface area contributed by atoms with Crippen LogP contribution in [-0.2, 0) is 35.6 Å². The number of rotatable bonds is 2. The molecule has 0 amide bonds. The molecular weight excluding hydrogens is 344 g/mol. The zero-order valence-electron chi connectivity index (χ0n) is 14.6. The summed E-state index contributed by atoms with van der Waals surface area (Å²) >= 11 is 0. The van der Waals surface area contributed by atoms with Gasteiger partial charge in [0.05, 0.1) is 15.7 Å². The fraction of sp³-hybridized carbons (Fsp3) is 0.333. The Labute approximate surface area is 153 Å². The van der Waals surface area contributed by atoms with Crippen LogP contribution in [0.5, 0.6) is 0 Å². The topological polar surface area (TPSA) is 51.1 Å². The normalized spacial score (nSPS) is 19.9. The maximum Gasteiger partial charge on any atom is 0.183 e. The van der Waals surface area contributed by atoms with Crippen molar-refractivity contribution in [2.24, 2.45) is 0 Å². The Bertz CT molecular complexity index is 1080. The third kappa shape index (κ3) is 2.34. The number of aromatic nitrogens is 1. The van der Waals surface area contributed by atoms with E-state index < -0.39 is 15.1 Å². The van der Waals surface area contributed by atoms with Crippen molar-refractivity contribution in [2.45, 2.75) is 36.0 Å². The summed E-state index contributed by atoms with van der Waals surface area (Å²) < 4.78 is 28.8. The van der Waals surface area contributed by atoms with Gasteiger partial charge >= 0.3 is 0 Å². The molecule has 1 unspecified atom stereocenters. The van der Waals surface area contributed by atoms with Gasteiger partial charge in [0.2, 0.25) is 0 Å². The lowest BCUT2D eigenvalue weighted by atomic mass is 10.0. The average molecular weight is 366 g/mol. The molecule has 1 atom stereocenters. The number of hydrogen-bond donors (Lipinski definition) is 1. The lowest BCUT2D eigenvalue weighted by Gasteiger charge is -2.26. The summed E-state index contributed by atoms with van der Waals surface area (Å²) in [6.45, 7) is 2.50. The van der Waals surface area contributed by atoms with Gasteiger partial charge < -0.3 is 9.88 Å². The van der Waals surface area contributed by atoms with Gasteiger partial charge in [0.25, 0.3) is 0 Å². The Morgan fingerprint density at radius 1 is 0.962 bits per heavy atom. The molecule has 0 saturated carbocycles. The highest BCUT2D eigenvalue weighted by Gasteiger charge is 2.34. The van der Waals surface area contributed by atoms with E-state index in [1.807, 2.05) is 6.07 Å². The van der Waals surface area contributed by atoms with Crippen molar-refractivity contribution in [1.82, 2.24) is 9.88 Å². The molecule has 1 N–H and O–H groups in total. The van der Waals surface area contributed by atoms with Crippen molar-refractivity contribution in [3.05, 3.63) is 65.4 Å². The minimum absolute atomic E-state index is 0.407. The molecule has 0 radical (unpaired) electrons. The van der Waals surface area contributed by atoms with Crippen molar-refractivity contribution in [3.63, 3.8) is 0 Å². The zero-order chi connectivity index (χ0) is 17.7. The summed E-state index contributed by atoms with van der Waals surface area (Å²) in [5.74, 6) is 0. The van der Waals surface area contributed by atoms with E-state index >= 15 is 0 Å². The van der Waals surface area contributed by atoms with Crippen LogP contribution >= 0.6 is 0 Å². The van der Waals surface area contributed by atoms with Crippen LogP contribution in [0.3, 0.4) is 0 Å². The van der Waals surface area contributed by atoms with E-state index in [-0.39, 0.29) is 0 Å². The maximum absolute atomic E-state index is 13.2. The third-order valence-electron chi connectivity index (χ3n) is 5.82. The first-order chi connectivity index (χ1) is 12.7. The summed E-state index contributed by atoms with van der Waals surface area (Å²) in [6, 6.07) is 15.3. The minimum atomic E-state index is -3.35. The lowest BCUT2D eigenvalue weighted by Crippen LogP contribution is -2.33. The summed E-state index contributed by atoms with van der Waals surface area (Å²) in [5.41, 5.74) is 5.16. The molecule has 26 heavy (non-hydrogen) atoms. The smallest absolute Gasteiger partial charge is 0.183 e. The number of fused-ring (bicyclic) bond motifs is 3. The van der Waals surface area contributed by atoms with Crippen molar-refractivity contribution >= 4 is 20.7 Å². The molecule has 0 saturated heterocycles. The zero-order valence-corrected chi connectivity index (χ0v) is 15.4. The third-order valence-corrected chi connectivity index (χ3v) is 7.95. The minimum Gasteiger partial charge on any atom is -0.343 e. The fourth-order valence-corrected chi connectivity index (χ4v) is 6.27. The number of para-hydroxylation sites is 1. The molecule has 0 spiro atoms. The number of sulfone groups is 1. The van der Waals surface area contributed by atoms with E-state index in [9.17, 15) is 8.42 Å². The quantitative estimate of drug-likeness (QED) is 0.759. The van der Waals surface area contributed by atoms with Crippen molar-refractivity contribution < 1.29 is 8.42 Å². The Morgan fingerprint density at radius 2 is 1.77 bits per heavy atom. The van der Waals surface area contributed by atoms with Gasteiger partial charge in [0.15, 0.2) is 9.84 Å². The van der Waals surface area contributed by atoms with E-state index in [1.54, 1.807) is 24.3 Å². The molecule has 5 rings (SSSR count). The van der Waals surface area contributed by atoms with Gasteiger partial charge in [-0.15, -0.1) is 0 Å². The predicted molar refractivity (Wildman–Crippen MR) is 103 cm³/mol. The summed E-state index contributed by atoms with van der Waals surface area (Å²) in [4.78, 5) is 0.431. The molecule has 3 aromatic rings. The second-order valence-corrected chi connectivity index (χ2v) is 9.51. The highest BCUT2D eigenvalue weighted by molar-refractivity contribution is 7.92. The first kappa shape index (κ1) is 16.1. The first-order valence-corrected chi connectivity index (χ1v) is 10.8. The molecule has 1 aromatic heterocycles. The number of nitrogens with zero attached hydrogens (tertiary/aromatic N) is 1. The SMILES string of the molecule is O=S(=O)(c1ccccc1)C1Cc2cccc3c4c(n(c23)C1)CCNCC4. The van der Waals surface area contributed by atoms with Gasteiger partial charge in [-0.2, -0.15) is 0 Å². The maximum atomic E-state index is 13.2. The van der Waals surface area contributed by atoms with Crippen LogP contribution in [0, 0.1) is 0 Å². The van der Waals surface area contributed by atoms with Crippen LogP contribution in [0.25, 0.3) is 10.9 Å². The van der Waals surface area contributed by atoms with Gasteiger partial charge in [-0.3, -0.25) is 0 Å². The number of hydrogen-bond acceptors (Lipinski definition) is 3. The predicted octanol–water partition coefficient (Wildman–Crippen LogP) is 2.73. The molecule has 0 aliphatic carbocycles. The van der Waals surface area contributed by atoms with Crippen LogP contribution in [0.1, 0.15) is 16.8 Å². The second kappa shape index (κ2) is 5.96. The highest BCUT2D eigenvalue weighted by atomic mass is 32.2. The molecule has 5 heteroatoms. The van der Waals surface area contributed by atoms with Gasteiger partial charge in [0.1, 0.15) is 0 Å². The molecule has 2 aromatic carbocycles. The molecule has 2 aliphatic heterocycles. The average Bonchev–Trinajstić information content (AvgIpc) is 2.84. The monoisotopic (exact) mass is 366 g/mol. The highest BCUT2D eigenvalue weighted by Crippen LogP contribution is 2.36. The number of benzene rings is 2. The lowest BCUT2D eigenvalue weighted by molar-refractivity contribution is 0.543. The van der Waals surface area contributed by atoms with E-state index in [4.69, 9.17) is 0 Å². The summed E-state index contributed by atoms with van der Waals surface area (Å²) in [6.07, 6.45) is 2.57. The van der Waals surface area contributed by atoms with Crippen LogP contribution < -0.4 is 5.32 Å². The Hall–Kier alpha value is -2.11. The van der Waals surface area contributed by atoms with Gasteiger partial charge in [-0.1, -0.05) is 36.4 Å². The Morgan fingerprint density at radius 3 is 2.62 bits per heavy atom. The second-order valence-electron chi connectivity index (χ2n) is 7.28.